The summed E-state index contributed by atoms with van der Waals surface area (Å²) in [6, 6.07) is 6.85. The minimum atomic E-state index is -0.698. The van der Waals surface area contributed by atoms with Crippen molar-refractivity contribution in [3.05, 3.63) is 67.3 Å². The Labute approximate surface area is 126 Å². The number of non-ortho nitro benzene ring substituents is 1. The smallest absolute Gasteiger partial charge is 0.318 e. The standard InChI is InChI=1S/C15H14N2O5/c1-9-6-13(7-10(2)11(9)3)22-15-5-4-12(16(18)19)8-14(15)17(20)21/h4-8H,1-3H3. The molecule has 0 atom stereocenters. The normalized spacial score (nSPS) is 10.3. The fourth-order valence-corrected chi connectivity index (χ4v) is 2.03. The Hall–Kier alpha value is -2.96. The van der Waals surface area contributed by atoms with Gasteiger partial charge in [0.05, 0.1) is 15.9 Å². The Morgan fingerprint density at radius 2 is 1.50 bits per heavy atom. The highest BCUT2D eigenvalue weighted by Crippen LogP contribution is 2.35. The molecule has 0 unspecified atom stereocenters. The average Bonchev–Trinajstić information content (AvgIpc) is 2.44. The molecule has 0 N–H and O–H groups in total. The maximum Gasteiger partial charge on any atom is 0.318 e. The summed E-state index contributed by atoms with van der Waals surface area (Å²) in [5.74, 6) is 0.427. The lowest BCUT2D eigenvalue weighted by Crippen LogP contribution is -1.97. The maximum absolute atomic E-state index is 11.1. The lowest BCUT2D eigenvalue weighted by Gasteiger charge is -2.10. The zero-order valence-corrected chi connectivity index (χ0v) is 12.3. The van der Waals surface area contributed by atoms with Crippen LogP contribution in [0, 0.1) is 41.0 Å². The summed E-state index contributed by atoms with van der Waals surface area (Å²) in [7, 11) is 0. The number of hydrogen-bond donors (Lipinski definition) is 0. The van der Waals surface area contributed by atoms with E-state index < -0.39 is 15.5 Å². The van der Waals surface area contributed by atoms with Crippen LogP contribution in [0.4, 0.5) is 11.4 Å². The predicted molar refractivity (Wildman–Crippen MR) is 80.5 cm³/mol. The van der Waals surface area contributed by atoms with Crippen LogP contribution < -0.4 is 4.74 Å². The Bertz CT molecular complexity index is 748. The first-order valence-corrected chi connectivity index (χ1v) is 6.48. The molecule has 0 aliphatic rings. The molecule has 0 aliphatic carbocycles. The van der Waals surface area contributed by atoms with Crippen LogP contribution in [0.5, 0.6) is 11.5 Å². The second kappa shape index (κ2) is 5.80. The van der Waals surface area contributed by atoms with Crippen molar-refractivity contribution in [1.82, 2.24) is 0 Å². The predicted octanol–water partition coefficient (Wildman–Crippen LogP) is 4.22. The van der Waals surface area contributed by atoms with E-state index in [0.717, 1.165) is 22.8 Å². The Balaban J connectivity index is 2.45. The summed E-state index contributed by atoms with van der Waals surface area (Å²) in [6.07, 6.45) is 0. The third-order valence-corrected chi connectivity index (χ3v) is 3.48. The van der Waals surface area contributed by atoms with Gasteiger partial charge >= 0.3 is 5.69 Å². The van der Waals surface area contributed by atoms with Gasteiger partial charge in [0.1, 0.15) is 5.75 Å². The molecule has 2 aromatic rings. The molecular weight excluding hydrogens is 288 g/mol. The molecule has 7 nitrogen and oxygen atoms in total. The lowest BCUT2D eigenvalue weighted by atomic mass is 10.0. The van der Waals surface area contributed by atoms with Gasteiger partial charge in [-0.1, -0.05) is 0 Å². The first-order valence-electron chi connectivity index (χ1n) is 6.48. The van der Waals surface area contributed by atoms with Gasteiger partial charge in [0.15, 0.2) is 0 Å². The Kier molecular flexibility index (Phi) is 4.07. The van der Waals surface area contributed by atoms with Crippen LogP contribution in [0.15, 0.2) is 30.3 Å². The van der Waals surface area contributed by atoms with E-state index in [9.17, 15) is 20.2 Å². The van der Waals surface area contributed by atoms with Crippen LogP contribution in [0.2, 0.25) is 0 Å². The highest BCUT2D eigenvalue weighted by Gasteiger charge is 2.21. The van der Waals surface area contributed by atoms with E-state index in [-0.39, 0.29) is 11.4 Å². The van der Waals surface area contributed by atoms with E-state index in [1.54, 1.807) is 12.1 Å². The first kappa shape index (κ1) is 15.4. The molecule has 0 fully saturated rings. The number of rotatable bonds is 4. The van der Waals surface area contributed by atoms with Crippen molar-refractivity contribution >= 4 is 11.4 Å². The number of ether oxygens (including phenoxy) is 1. The highest BCUT2D eigenvalue weighted by molar-refractivity contribution is 5.55. The van der Waals surface area contributed by atoms with Crippen molar-refractivity contribution in [3.63, 3.8) is 0 Å². The zero-order valence-electron chi connectivity index (χ0n) is 12.3. The average molecular weight is 302 g/mol. The number of nitro benzene ring substituents is 2. The summed E-state index contributed by atoms with van der Waals surface area (Å²) < 4.78 is 5.56. The third kappa shape index (κ3) is 3.03. The Morgan fingerprint density at radius 3 is 2.00 bits per heavy atom. The SMILES string of the molecule is Cc1cc(Oc2ccc([N+](=O)[O-])cc2[N+](=O)[O-])cc(C)c1C. The van der Waals surface area contributed by atoms with E-state index in [1.165, 1.54) is 12.1 Å². The van der Waals surface area contributed by atoms with E-state index in [0.29, 0.717) is 5.75 Å². The van der Waals surface area contributed by atoms with Crippen LogP contribution in [0.1, 0.15) is 16.7 Å². The fraction of sp³-hybridized carbons (Fsp3) is 0.200. The van der Waals surface area contributed by atoms with Crippen molar-refractivity contribution in [2.75, 3.05) is 0 Å². The topological polar surface area (TPSA) is 95.5 Å². The van der Waals surface area contributed by atoms with Gasteiger partial charge in [-0.2, -0.15) is 0 Å². The first-order chi connectivity index (χ1) is 10.3. The highest BCUT2D eigenvalue weighted by atomic mass is 16.6. The molecule has 0 spiro atoms. The van der Waals surface area contributed by atoms with Crippen molar-refractivity contribution in [3.8, 4) is 11.5 Å². The van der Waals surface area contributed by atoms with Gasteiger partial charge in [-0.15, -0.1) is 0 Å². The molecule has 114 valence electrons. The number of nitrogens with zero attached hydrogens (tertiary/aromatic N) is 2. The van der Waals surface area contributed by atoms with Gasteiger partial charge in [0.25, 0.3) is 5.69 Å². The van der Waals surface area contributed by atoms with Crippen molar-refractivity contribution in [1.29, 1.82) is 0 Å². The van der Waals surface area contributed by atoms with Crippen molar-refractivity contribution in [2.24, 2.45) is 0 Å². The largest absolute Gasteiger partial charge is 0.450 e. The van der Waals surface area contributed by atoms with E-state index in [4.69, 9.17) is 4.74 Å². The number of benzene rings is 2. The molecule has 0 aliphatic heterocycles. The van der Waals surface area contributed by atoms with E-state index in [2.05, 4.69) is 0 Å². The molecule has 0 saturated carbocycles. The summed E-state index contributed by atoms with van der Waals surface area (Å²) in [5, 5.41) is 21.8. The van der Waals surface area contributed by atoms with Crippen LogP contribution in [0.3, 0.4) is 0 Å². The van der Waals surface area contributed by atoms with Gasteiger partial charge in [0.2, 0.25) is 5.75 Å². The molecule has 2 aromatic carbocycles. The minimum absolute atomic E-state index is 0.0294. The van der Waals surface area contributed by atoms with E-state index >= 15 is 0 Å². The maximum atomic E-state index is 11.1. The third-order valence-electron chi connectivity index (χ3n) is 3.48. The van der Waals surface area contributed by atoms with Crippen molar-refractivity contribution in [2.45, 2.75) is 20.8 Å². The van der Waals surface area contributed by atoms with Gasteiger partial charge < -0.3 is 4.74 Å². The fourth-order valence-electron chi connectivity index (χ4n) is 2.03. The monoisotopic (exact) mass is 302 g/mol. The van der Waals surface area contributed by atoms with Crippen LogP contribution in [-0.4, -0.2) is 9.85 Å². The molecule has 0 amide bonds. The van der Waals surface area contributed by atoms with Gasteiger partial charge in [-0.3, -0.25) is 20.2 Å². The summed E-state index contributed by atoms with van der Waals surface area (Å²) in [6.45, 7) is 5.81. The molecule has 7 heteroatoms. The number of nitro groups is 2. The molecular formula is C15H14N2O5. The molecule has 0 saturated heterocycles. The molecule has 0 radical (unpaired) electrons. The molecule has 22 heavy (non-hydrogen) atoms. The molecule has 0 bridgehead atoms. The second-order valence-electron chi connectivity index (χ2n) is 4.95. The van der Waals surface area contributed by atoms with Gasteiger partial charge in [0, 0.05) is 6.07 Å². The zero-order chi connectivity index (χ0) is 16.4. The van der Waals surface area contributed by atoms with Crippen LogP contribution in [0.25, 0.3) is 0 Å². The number of hydrogen-bond acceptors (Lipinski definition) is 5. The summed E-state index contributed by atoms with van der Waals surface area (Å²) >= 11 is 0. The lowest BCUT2D eigenvalue weighted by molar-refractivity contribution is -0.394. The quantitative estimate of drug-likeness (QED) is 0.622. The molecule has 0 aromatic heterocycles. The van der Waals surface area contributed by atoms with E-state index in [1.807, 2.05) is 20.8 Å². The number of aryl methyl sites for hydroxylation is 2. The second-order valence-corrected chi connectivity index (χ2v) is 4.95. The van der Waals surface area contributed by atoms with Gasteiger partial charge in [-0.05, 0) is 55.7 Å². The van der Waals surface area contributed by atoms with Crippen LogP contribution >= 0.6 is 0 Å². The summed E-state index contributed by atoms with van der Waals surface area (Å²) in [4.78, 5) is 20.4. The molecule has 0 heterocycles. The van der Waals surface area contributed by atoms with Crippen LogP contribution in [-0.2, 0) is 0 Å². The summed E-state index contributed by atoms with van der Waals surface area (Å²) in [5.41, 5.74) is 2.32. The van der Waals surface area contributed by atoms with Gasteiger partial charge in [-0.25, -0.2) is 0 Å². The van der Waals surface area contributed by atoms with Crippen molar-refractivity contribution < 1.29 is 14.6 Å². The minimum Gasteiger partial charge on any atom is -0.450 e. The Morgan fingerprint density at radius 1 is 0.909 bits per heavy atom. The molecule has 2 rings (SSSR count).